The van der Waals surface area contributed by atoms with E-state index in [9.17, 15) is 14.9 Å². The van der Waals surface area contributed by atoms with E-state index in [2.05, 4.69) is 15.5 Å². The van der Waals surface area contributed by atoms with Gasteiger partial charge in [0.15, 0.2) is 0 Å². The second-order valence-electron chi connectivity index (χ2n) is 3.71. The number of nitro benzene ring substituents is 1. The van der Waals surface area contributed by atoms with Gasteiger partial charge in [0, 0.05) is 17.7 Å². The van der Waals surface area contributed by atoms with Crippen molar-refractivity contribution in [2.24, 2.45) is 0 Å². The third kappa shape index (κ3) is 3.05. The third-order valence-electron chi connectivity index (χ3n) is 2.30. The van der Waals surface area contributed by atoms with Gasteiger partial charge in [-0.1, -0.05) is 11.2 Å². The molecular weight excluding hydrogens is 264 g/mol. The smallest absolute Gasteiger partial charge is 0.322 e. The van der Waals surface area contributed by atoms with Crippen LogP contribution in [0.4, 0.5) is 11.7 Å². The number of benzene rings is 1. The molecule has 1 aromatic carbocycles. The van der Waals surface area contributed by atoms with E-state index >= 15 is 0 Å². The van der Waals surface area contributed by atoms with Crippen molar-refractivity contribution in [1.82, 2.24) is 10.2 Å². The molecule has 0 radical (unpaired) electrons. The first kappa shape index (κ1) is 13.4. The molecule has 20 heavy (non-hydrogen) atoms. The van der Waals surface area contributed by atoms with Gasteiger partial charge in [0.05, 0.1) is 4.92 Å². The number of anilines is 1. The minimum Gasteiger partial charge on any atom is -0.403 e. The average molecular weight is 274 g/mol. The molecule has 0 atom stereocenters. The number of amides is 1. The predicted octanol–water partition coefficient (Wildman–Crippen LogP) is 2.16. The van der Waals surface area contributed by atoms with Gasteiger partial charge in [0.1, 0.15) is 0 Å². The number of nitrogens with one attached hydrogen (secondary N) is 1. The van der Waals surface area contributed by atoms with E-state index in [0.717, 1.165) is 0 Å². The fourth-order valence-electron chi connectivity index (χ4n) is 1.41. The summed E-state index contributed by atoms with van der Waals surface area (Å²) < 4.78 is 5.23. The summed E-state index contributed by atoms with van der Waals surface area (Å²) in [4.78, 5) is 21.3. The minimum atomic E-state index is -0.500. The highest BCUT2D eigenvalue weighted by molar-refractivity contribution is 5.97. The molecule has 0 saturated carbocycles. The van der Waals surface area contributed by atoms with Crippen molar-refractivity contribution in [3.63, 3.8) is 0 Å². The number of allylic oxidation sites excluding steroid dienone is 1. The Kier molecular flexibility index (Phi) is 3.85. The molecular formula is C12H10N4O4. The van der Waals surface area contributed by atoms with Crippen LogP contribution in [0.15, 0.2) is 40.8 Å². The maximum atomic E-state index is 11.3. The molecule has 0 aliphatic carbocycles. The van der Waals surface area contributed by atoms with Gasteiger partial charge in [-0.2, -0.15) is 0 Å². The quantitative estimate of drug-likeness (QED) is 0.519. The van der Waals surface area contributed by atoms with Crippen molar-refractivity contribution in [1.29, 1.82) is 0 Å². The highest BCUT2D eigenvalue weighted by Gasteiger charge is 2.11. The van der Waals surface area contributed by atoms with Gasteiger partial charge < -0.3 is 4.42 Å². The number of hydrogen-bond acceptors (Lipinski definition) is 6. The molecule has 1 N–H and O–H groups in total. The predicted molar refractivity (Wildman–Crippen MR) is 69.8 cm³/mol. The molecule has 2 rings (SSSR count). The van der Waals surface area contributed by atoms with Crippen molar-refractivity contribution in [2.75, 3.05) is 5.32 Å². The van der Waals surface area contributed by atoms with Crippen LogP contribution in [0, 0.1) is 10.1 Å². The summed E-state index contributed by atoms with van der Waals surface area (Å²) in [6, 6.07) is 5.60. The lowest BCUT2D eigenvalue weighted by Crippen LogP contribution is -2.07. The molecule has 8 nitrogen and oxygen atoms in total. The third-order valence-corrected chi connectivity index (χ3v) is 2.30. The van der Waals surface area contributed by atoms with Crippen LogP contribution in [0.3, 0.4) is 0 Å². The molecule has 0 saturated heterocycles. The zero-order chi connectivity index (χ0) is 14.5. The van der Waals surface area contributed by atoms with Crippen LogP contribution in [0.5, 0.6) is 0 Å². The van der Waals surface area contributed by atoms with Crippen LogP contribution in [-0.2, 0) is 4.79 Å². The van der Waals surface area contributed by atoms with Crippen molar-refractivity contribution in [3.05, 3.63) is 46.5 Å². The second-order valence-corrected chi connectivity index (χ2v) is 3.71. The number of aromatic nitrogens is 2. The monoisotopic (exact) mass is 274 g/mol. The number of nitro groups is 1. The number of carbonyl (C=O) groups is 1. The van der Waals surface area contributed by atoms with Crippen molar-refractivity contribution in [3.8, 4) is 11.5 Å². The number of nitrogens with zero attached hydrogens (tertiary/aromatic N) is 3. The molecule has 0 spiro atoms. The molecule has 1 aromatic heterocycles. The van der Waals surface area contributed by atoms with Crippen LogP contribution >= 0.6 is 0 Å². The molecule has 2 aromatic rings. The first-order valence-corrected chi connectivity index (χ1v) is 5.62. The zero-order valence-electron chi connectivity index (χ0n) is 10.4. The average Bonchev–Trinajstić information content (AvgIpc) is 2.87. The van der Waals surface area contributed by atoms with E-state index in [1.165, 1.54) is 30.3 Å². The highest BCUT2D eigenvalue weighted by Crippen LogP contribution is 2.22. The van der Waals surface area contributed by atoms with Crippen LogP contribution in [0.25, 0.3) is 11.5 Å². The van der Waals surface area contributed by atoms with E-state index in [1.54, 1.807) is 13.0 Å². The topological polar surface area (TPSA) is 111 Å². The summed E-state index contributed by atoms with van der Waals surface area (Å²) in [5.41, 5.74) is 0.490. The van der Waals surface area contributed by atoms with E-state index in [4.69, 9.17) is 4.42 Å². The molecule has 0 bridgehead atoms. The highest BCUT2D eigenvalue weighted by atomic mass is 16.6. The van der Waals surface area contributed by atoms with Crippen molar-refractivity contribution in [2.45, 2.75) is 6.92 Å². The molecule has 0 unspecified atom stereocenters. The zero-order valence-corrected chi connectivity index (χ0v) is 10.4. The summed E-state index contributed by atoms with van der Waals surface area (Å²) in [6.07, 6.45) is 2.89. The van der Waals surface area contributed by atoms with Crippen LogP contribution in [-0.4, -0.2) is 21.0 Å². The first-order valence-electron chi connectivity index (χ1n) is 5.62. The van der Waals surface area contributed by atoms with Gasteiger partial charge in [-0.25, -0.2) is 0 Å². The summed E-state index contributed by atoms with van der Waals surface area (Å²) in [7, 11) is 0. The first-order chi connectivity index (χ1) is 9.60. The Morgan fingerprint density at radius 3 is 2.65 bits per heavy atom. The molecule has 1 amide bonds. The van der Waals surface area contributed by atoms with Gasteiger partial charge in [-0.05, 0) is 25.1 Å². The van der Waals surface area contributed by atoms with Gasteiger partial charge in [-0.15, -0.1) is 5.10 Å². The normalized spacial score (nSPS) is 10.7. The SMILES string of the molecule is C/C=C/C(=O)Nc1nnc(-c2ccc([N+](=O)[O-])cc2)o1. The van der Waals surface area contributed by atoms with Gasteiger partial charge in [-0.3, -0.25) is 20.2 Å². The second kappa shape index (κ2) is 5.74. The van der Waals surface area contributed by atoms with Crippen molar-refractivity contribution < 1.29 is 14.1 Å². The van der Waals surface area contributed by atoms with Crippen LogP contribution < -0.4 is 5.32 Å². The molecule has 0 aliphatic heterocycles. The Morgan fingerprint density at radius 1 is 1.35 bits per heavy atom. The molecule has 102 valence electrons. The Balaban J connectivity index is 2.16. The maximum absolute atomic E-state index is 11.3. The number of non-ortho nitro benzene ring substituents is 1. The van der Waals surface area contributed by atoms with E-state index in [1.807, 2.05) is 0 Å². The molecule has 1 heterocycles. The number of rotatable bonds is 4. The van der Waals surface area contributed by atoms with Gasteiger partial charge >= 0.3 is 6.01 Å². The van der Waals surface area contributed by atoms with E-state index in [0.29, 0.717) is 5.56 Å². The maximum Gasteiger partial charge on any atom is 0.322 e. The Hall–Kier alpha value is -3.03. The van der Waals surface area contributed by atoms with Crippen molar-refractivity contribution >= 4 is 17.6 Å². The van der Waals surface area contributed by atoms with Crippen LogP contribution in [0.2, 0.25) is 0 Å². The Bertz CT molecular complexity index is 660. The summed E-state index contributed by atoms with van der Waals surface area (Å²) in [5.74, 6) is -0.220. The van der Waals surface area contributed by atoms with Gasteiger partial charge in [0.25, 0.3) is 11.6 Å². The molecule has 0 fully saturated rings. The number of carbonyl (C=O) groups excluding carboxylic acids is 1. The Labute approximate surface area is 113 Å². The molecule has 0 aliphatic rings. The summed E-state index contributed by atoms with van der Waals surface area (Å²) in [6.45, 7) is 1.70. The summed E-state index contributed by atoms with van der Waals surface area (Å²) >= 11 is 0. The number of hydrogen-bond donors (Lipinski definition) is 1. The lowest BCUT2D eigenvalue weighted by Gasteiger charge is -1.95. The standard InChI is InChI=1S/C12H10N4O4/c1-2-3-10(17)13-12-15-14-11(20-12)8-4-6-9(7-5-8)16(18)19/h2-7H,1H3,(H,13,15,17)/b3-2+. The van der Waals surface area contributed by atoms with Gasteiger partial charge in [0.2, 0.25) is 5.89 Å². The largest absolute Gasteiger partial charge is 0.403 e. The fraction of sp³-hybridized carbons (Fsp3) is 0.0833. The minimum absolute atomic E-state index is 0.0325. The van der Waals surface area contributed by atoms with Crippen LogP contribution in [0.1, 0.15) is 6.92 Å². The van der Waals surface area contributed by atoms with E-state index < -0.39 is 4.92 Å². The molecule has 8 heteroatoms. The summed E-state index contributed by atoms with van der Waals surface area (Å²) in [5, 5.41) is 20.3. The fourth-order valence-corrected chi connectivity index (χ4v) is 1.41. The van der Waals surface area contributed by atoms with E-state index in [-0.39, 0.29) is 23.5 Å². The lowest BCUT2D eigenvalue weighted by molar-refractivity contribution is -0.384. The Morgan fingerprint density at radius 2 is 2.05 bits per heavy atom. The lowest BCUT2D eigenvalue weighted by atomic mass is 10.2.